The Hall–Kier alpha value is -2.00. The zero-order valence-corrected chi connectivity index (χ0v) is 11.3. The van der Waals surface area contributed by atoms with Crippen molar-refractivity contribution in [2.24, 2.45) is 5.11 Å². The third-order valence-corrected chi connectivity index (χ3v) is 3.78. The molecule has 5 heteroatoms. The van der Waals surface area contributed by atoms with Gasteiger partial charge in [0.2, 0.25) is 5.91 Å². The molecule has 0 bridgehead atoms. The van der Waals surface area contributed by atoms with Crippen molar-refractivity contribution in [3.63, 3.8) is 0 Å². The van der Waals surface area contributed by atoms with Crippen LogP contribution in [0.2, 0.25) is 0 Å². The van der Waals surface area contributed by atoms with E-state index in [2.05, 4.69) is 23.9 Å². The third kappa shape index (κ3) is 2.88. The summed E-state index contributed by atoms with van der Waals surface area (Å²) in [5.74, 6) is 0.420. The largest absolute Gasteiger partial charge is 0.339 e. The van der Waals surface area contributed by atoms with E-state index in [0.717, 1.165) is 18.5 Å². The Bertz CT molecular complexity index is 522. The van der Waals surface area contributed by atoms with Crippen LogP contribution in [0.4, 0.5) is 5.69 Å². The maximum Gasteiger partial charge on any atom is 0.223 e. The van der Waals surface area contributed by atoms with Gasteiger partial charge in [0.15, 0.2) is 0 Å². The summed E-state index contributed by atoms with van der Waals surface area (Å²) in [6, 6.07) is 7.80. The maximum atomic E-state index is 12.0. The highest BCUT2D eigenvalue weighted by Crippen LogP contribution is 2.31. The molecule has 1 amide bonds. The molecule has 0 N–H and O–H groups in total. The van der Waals surface area contributed by atoms with E-state index in [9.17, 15) is 4.79 Å². The smallest absolute Gasteiger partial charge is 0.223 e. The van der Waals surface area contributed by atoms with Crippen molar-refractivity contribution >= 4 is 11.6 Å². The van der Waals surface area contributed by atoms with E-state index in [0.29, 0.717) is 12.1 Å². The van der Waals surface area contributed by atoms with Gasteiger partial charge in [-0.05, 0) is 30.5 Å². The van der Waals surface area contributed by atoms with Gasteiger partial charge in [-0.25, -0.2) is 0 Å². The van der Waals surface area contributed by atoms with Crippen LogP contribution in [0.15, 0.2) is 29.4 Å². The highest BCUT2D eigenvalue weighted by atomic mass is 16.2. The van der Waals surface area contributed by atoms with Crippen LogP contribution in [-0.4, -0.2) is 23.4 Å². The average molecular weight is 258 g/mol. The minimum absolute atomic E-state index is 0.204. The zero-order chi connectivity index (χ0) is 13.8. The Labute approximate surface area is 112 Å². The zero-order valence-electron chi connectivity index (χ0n) is 11.3. The summed E-state index contributed by atoms with van der Waals surface area (Å²) in [6.07, 6.45) is 1.52. The maximum absolute atomic E-state index is 12.0. The number of carbonyl (C=O) groups excluding carboxylic acids is 1. The fourth-order valence-electron chi connectivity index (χ4n) is 2.49. The van der Waals surface area contributed by atoms with Gasteiger partial charge in [-0.2, -0.15) is 0 Å². The quantitative estimate of drug-likeness (QED) is 0.460. The number of azide groups is 1. The van der Waals surface area contributed by atoms with Crippen LogP contribution in [0.5, 0.6) is 0 Å². The monoisotopic (exact) mass is 258 g/mol. The molecular weight excluding hydrogens is 240 g/mol. The number of hydrogen-bond donors (Lipinski definition) is 0. The number of likely N-dealkylation sites (tertiary alicyclic amines) is 1. The normalized spacial score (nSPS) is 20.2. The molecule has 0 spiro atoms. The molecule has 1 unspecified atom stereocenters. The van der Waals surface area contributed by atoms with Crippen LogP contribution in [-0.2, 0) is 4.79 Å². The lowest BCUT2D eigenvalue weighted by atomic mass is 9.98. The Morgan fingerprint density at radius 2 is 2.37 bits per heavy atom. The Morgan fingerprint density at radius 3 is 3.05 bits per heavy atom. The minimum atomic E-state index is 0.204. The van der Waals surface area contributed by atoms with Gasteiger partial charge in [0.1, 0.15) is 0 Å². The van der Waals surface area contributed by atoms with E-state index in [4.69, 9.17) is 5.53 Å². The molecule has 1 aliphatic heterocycles. The first-order valence-electron chi connectivity index (χ1n) is 6.60. The molecule has 1 aliphatic rings. The van der Waals surface area contributed by atoms with Gasteiger partial charge in [-0.15, -0.1) is 0 Å². The fourth-order valence-corrected chi connectivity index (χ4v) is 2.49. The molecule has 1 aromatic rings. The van der Waals surface area contributed by atoms with Crippen molar-refractivity contribution in [2.45, 2.75) is 38.6 Å². The number of carbonyl (C=O) groups is 1. The number of rotatable bonds is 4. The first-order chi connectivity index (χ1) is 9.15. The Kier molecular flexibility index (Phi) is 4.07. The van der Waals surface area contributed by atoms with Crippen LogP contribution in [0.1, 0.15) is 38.2 Å². The highest BCUT2D eigenvalue weighted by molar-refractivity contribution is 5.80. The van der Waals surface area contributed by atoms with E-state index in [1.54, 1.807) is 6.07 Å². The molecule has 0 saturated carbocycles. The molecule has 0 aromatic heterocycles. The Morgan fingerprint density at radius 1 is 1.58 bits per heavy atom. The molecule has 2 atom stereocenters. The SMILES string of the molecule is CC[C@H](C)N1CC(c2cccc(N=[N+]=[N-])c2)CC1=O. The minimum Gasteiger partial charge on any atom is -0.339 e. The predicted octanol–water partition coefficient (Wildman–Crippen LogP) is 3.74. The standard InChI is InChI=1S/C14H18N4O/c1-3-10(2)18-9-12(8-14(18)19)11-5-4-6-13(7-11)16-17-15/h4-7,10,12H,3,8-9H2,1-2H3/t10-,12?/m0/s1. The van der Waals surface area contributed by atoms with Crippen molar-refractivity contribution in [3.8, 4) is 0 Å². The first kappa shape index (κ1) is 13.4. The third-order valence-electron chi connectivity index (χ3n) is 3.78. The predicted molar refractivity (Wildman–Crippen MR) is 74.1 cm³/mol. The molecule has 100 valence electrons. The Balaban J connectivity index is 2.18. The molecule has 5 nitrogen and oxygen atoms in total. The van der Waals surface area contributed by atoms with Crippen LogP contribution in [0, 0.1) is 0 Å². The summed E-state index contributed by atoms with van der Waals surface area (Å²) in [5.41, 5.74) is 10.1. The highest BCUT2D eigenvalue weighted by Gasteiger charge is 2.32. The molecule has 1 fully saturated rings. The summed E-state index contributed by atoms with van der Waals surface area (Å²) in [4.78, 5) is 16.8. The van der Waals surface area contributed by atoms with Crippen LogP contribution < -0.4 is 0 Å². The summed E-state index contributed by atoms with van der Waals surface area (Å²) in [7, 11) is 0. The van der Waals surface area contributed by atoms with Crippen molar-refractivity contribution in [2.75, 3.05) is 6.54 Å². The fraction of sp³-hybridized carbons (Fsp3) is 0.500. The average Bonchev–Trinajstić information content (AvgIpc) is 2.81. The van der Waals surface area contributed by atoms with Crippen LogP contribution >= 0.6 is 0 Å². The second kappa shape index (κ2) is 5.76. The number of benzene rings is 1. The summed E-state index contributed by atoms with van der Waals surface area (Å²) in [5, 5.41) is 3.61. The van der Waals surface area contributed by atoms with Crippen LogP contribution in [0.3, 0.4) is 0 Å². The number of nitrogens with zero attached hydrogens (tertiary/aromatic N) is 4. The van der Waals surface area contributed by atoms with Crippen molar-refractivity contribution in [1.29, 1.82) is 0 Å². The number of hydrogen-bond acceptors (Lipinski definition) is 2. The van der Waals surface area contributed by atoms with Gasteiger partial charge in [-0.1, -0.05) is 30.2 Å². The van der Waals surface area contributed by atoms with Gasteiger partial charge in [0, 0.05) is 35.5 Å². The molecule has 0 radical (unpaired) electrons. The van der Waals surface area contributed by atoms with E-state index in [1.807, 2.05) is 23.1 Å². The second-order valence-electron chi connectivity index (χ2n) is 4.99. The molecular formula is C14H18N4O. The van der Waals surface area contributed by atoms with Crippen molar-refractivity contribution in [1.82, 2.24) is 4.90 Å². The van der Waals surface area contributed by atoms with Gasteiger partial charge < -0.3 is 4.90 Å². The van der Waals surface area contributed by atoms with E-state index in [-0.39, 0.29) is 17.9 Å². The summed E-state index contributed by atoms with van der Waals surface area (Å²) >= 11 is 0. The molecule has 1 saturated heterocycles. The van der Waals surface area contributed by atoms with Gasteiger partial charge in [0.05, 0.1) is 0 Å². The van der Waals surface area contributed by atoms with Crippen molar-refractivity contribution in [3.05, 3.63) is 40.3 Å². The topological polar surface area (TPSA) is 69.1 Å². The lowest BCUT2D eigenvalue weighted by molar-refractivity contribution is -0.129. The van der Waals surface area contributed by atoms with Gasteiger partial charge >= 0.3 is 0 Å². The van der Waals surface area contributed by atoms with E-state index in [1.165, 1.54) is 0 Å². The lowest BCUT2D eigenvalue weighted by Crippen LogP contribution is -2.33. The van der Waals surface area contributed by atoms with Gasteiger partial charge in [0.25, 0.3) is 0 Å². The first-order valence-corrected chi connectivity index (χ1v) is 6.60. The second-order valence-corrected chi connectivity index (χ2v) is 4.99. The van der Waals surface area contributed by atoms with Crippen LogP contribution in [0.25, 0.3) is 10.4 Å². The molecule has 2 rings (SSSR count). The molecule has 0 aliphatic carbocycles. The summed E-state index contributed by atoms with van der Waals surface area (Å²) in [6.45, 7) is 4.93. The van der Waals surface area contributed by atoms with Crippen molar-refractivity contribution < 1.29 is 4.79 Å². The molecule has 1 heterocycles. The number of amides is 1. The van der Waals surface area contributed by atoms with Gasteiger partial charge in [-0.3, -0.25) is 4.79 Å². The molecule has 1 aromatic carbocycles. The van der Waals surface area contributed by atoms with E-state index < -0.39 is 0 Å². The summed E-state index contributed by atoms with van der Waals surface area (Å²) < 4.78 is 0. The molecule has 19 heavy (non-hydrogen) atoms. The van der Waals surface area contributed by atoms with E-state index >= 15 is 0 Å². The lowest BCUT2D eigenvalue weighted by Gasteiger charge is -2.23.